The van der Waals surface area contributed by atoms with Crippen LogP contribution in [0.3, 0.4) is 0 Å². The van der Waals surface area contributed by atoms with Gasteiger partial charge in [0.05, 0.1) is 0 Å². The first-order valence-corrected chi connectivity index (χ1v) is 4.75. The summed E-state index contributed by atoms with van der Waals surface area (Å²) in [5.74, 6) is 0. The van der Waals surface area contributed by atoms with Crippen molar-refractivity contribution in [3.63, 3.8) is 0 Å². The predicted octanol–water partition coefficient (Wildman–Crippen LogP) is 1.75. The molecule has 0 atom stereocenters. The number of benzene rings is 1. The Bertz CT molecular complexity index is 219. The molecule has 2 heteroatoms. The first-order valence-electron chi connectivity index (χ1n) is 4.75. The maximum atomic E-state index is 4.22. The number of hydrogen-bond donors (Lipinski definition) is 1. The fourth-order valence-electron chi connectivity index (χ4n) is 1.08. The van der Waals surface area contributed by atoms with Crippen LogP contribution >= 0.6 is 0 Å². The maximum Gasteiger partial charge on any atom is 0.0344 e. The Morgan fingerprint density at radius 1 is 1.23 bits per heavy atom. The van der Waals surface area contributed by atoms with E-state index in [9.17, 15) is 0 Å². The molecule has 0 heterocycles. The van der Waals surface area contributed by atoms with Crippen LogP contribution in [0.15, 0.2) is 30.3 Å². The van der Waals surface area contributed by atoms with Crippen LogP contribution in [-0.4, -0.2) is 12.6 Å². The summed E-state index contributed by atoms with van der Waals surface area (Å²) in [4.78, 5) is 0. The molecule has 0 aliphatic heterocycles. The van der Waals surface area contributed by atoms with Crippen molar-refractivity contribution in [1.82, 2.24) is 10.9 Å². The number of rotatable bonds is 5. The number of hydrogen-bond acceptors (Lipinski definition) is 1. The van der Waals surface area contributed by atoms with Crippen LogP contribution < -0.4 is 10.9 Å². The second-order valence-electron chi connectivity index (χ2n) is 3.40. The van der Waals surface area contributed by atoms with Crippen molar-refractivity contribution in [2.75, 3.05) is 6.54 Å². The minimum Gasteiger partial charge on any atom is -0.238 e. The van der Waals surface area contributed by atoms with Crippen LogP contribution in [-0.2, 0) is 6.42 Å². The summed E-state index contributed by atoms with van der Waals surface area (Å²) in [6.07, 6.45) is 1.01. The Hall–Kier alpha value is -0.860. The van der Waals surface area contributed by atoms with Gasteiger partial charge in [-0.1, -0.05) is 30.3 Å². The summed E-state index contributed by atoms with van der Waals surface area (Å²) in [5, 5.41) is 0. The normalized spacial score (nSPS) is 10.7. The molecular weight excluding hydrogens is 160 g/mol. The van der Waals surface area contributed by atoms with Gasteiger partial charge in [0, 0.05) is 12.6 Å². The molecule has 1 radical (unpaired) electrons. The summed E-state index contributed by atoms with van der Waals surface area (Å²) in [5.41, 5.74) is 8.60. The highest BCUT2D eigenvalue weighted by molar-refractivity contribution is 5.14. The van der Waals surface area contributed by atoms with E-state index in [1.165, 1.54) is 5.56 Å². The molecule has 0 fully saturated rings. The zero-order chi connectivity index (χ0) is 9.52. The zero-order valence-corrected chi connectivity index (χ0v) is 8.33. The molecule has 2 nitrogen and oxygen atoms in total. The van der Waals surface area contributed by atoms with E-state index in [-0.39, 0.29) is 0 Å². The highest BCUT2D eigenvalue weighted by atomic mass is 15.4. The smallest absolute Gasteiger partial charge is 0.0344 e. The molecule has 13 heavy (non-hydrogen) atoms. The van der Waals surface area contributed by atoms with Gasteiger partial charge in [-0.25, -0.2) is 5.43 Å². The fraction of sp³-hybridized carbons (Fsp3) is 0.455. The Morgan fingerprint density at radius 3 is 2.54 bits per heavy atom. The summed E-state index contributed by atoms with van der Waals surface area (Å²) < 4.78 is 0. The zero-order valence-electron chi connectivity index (χ0n) is 8.33. The van der Waals surface area contributed by atoms with Crippen molar-refractivity contribution < 1.29 is 0 Å². The molecule has 0 bridgehead atoms. The quantitative estimate of drug-likeness (QED) is 0.538. The minimum absolute atomic E-state index is 0.441. The molecule has 0 amide bonds. The summed E-state index contributed by atoms with van der Waals surface area (Å²) >= 11 is 0. The third-order valence-corrected chi connectivity index (χ3v) is 1.70. The third-order valence-electron chi connectivity index (χ3n) is 1.70. The van der Waals surface area contributed by atoms with Crippen LogP contribution in [0.5, 0.6) is 0 Å². The highest BCUT2D eigenvalue weighted by Gasteiger charge is 1.93. The van der Waals surface area contributed by atoms with E-state index >= 15 is 0 Å². The van der Waals surface area contributed by atoms with Crippen LogP contribution in [0.4, 0.5) is 0 Å². The van der Waals surface area contributed by atoms with Crippen LogP contribution in [0, 0.1) is 0 Å². The molecule has 1 N–H and O–H groups in total. The maximum absolute atomic E-state index is 4.22. The first-order chi connectivity index (χ1) is 6.29. The van der Waals surface area contributed by atoms with Crippen LogP contribution in [0.1, 0.15) is 19.4 Å². The van der Waals surface area contributed by atoms with Gasteiger partial charge in [-0.3, -0.25) is 0 Å². The lowest BCUT2D eigenvalue weighted by molar-refractivity contribution is 0.465. The largest absolute Gasteiger partial charge is 0.238 e. The lowest BCUT2D eigenvalue weighted by Crippen LogP contribution is -2.32. The second kappa shape index (κ2) is 5.73. The van der Waals surface area contributed by atoms with E-state index in [2.05, 4.69) is 49.0 Å². The number of nitrogens with one attached hydrogen (secondary N) is 1. The molecule has 1 aromatic rings. The first kappa shape index (κ1) is 10.2. The van der Waals surface area contributed by atoms with Crippen molar-refractivity contribution in [2.45, 2.75) is 26.3 Å². The minimum atomic E-state index is 0.441. The summed E-state index contributed by atoms with van der Waals surface area (Å²) in [6, 6.07) is 10.9. The van der Waals surface area contributed by atoms with Gasteiger partial charge in [-0.2, -0.15) is 5.43 Å². The van der Waals surface area contributed by atoms with E-state index in [0.717, 1.165) is 13.0 Å². The van der Waals surface area contributed by atoms with Crippen molar-refractivity contribution in [2.24, 2.45) is 0 Å². The Labute approximate surface area is 80.3 Å². The van der Waals surface area contributed by atoms with Gasteiger partial charge in [0.2, 0.25) is 0 Å². The van der Waals surface area contributed by atoms with Gasteiger partial charge < -0.3 is 0 Å². The van der Waals surface area contributed by atoms with Crippen molar-refractivity contribution in [3.8, 4) is 0 Å². The Kier molecular flexibility index (Phi) is 4.50. The third kappa shape index (κ3) is 4.65. The van der Waals surface area contributed by atoms with E-state index in [1.54, 1.807) is 0 Å². The monoisotopic (exact) mass is 177 g/mol. The van der Waals surface area contributed by atoms with Gasteiger partial charge in [0.15, 0.2) is 0 Å². The Morgan fingerprint density at radius 2 is 1.92 bits per heavy atom. The van der Waals surface area contributed by atoms with Gasteiger partial charge in [0.25, 0.3) is 0 Å². The Balaban J connectivity index is 2.13. The standard InChI is InChI=1S/C11H17N2/c1-10(2)13-12-9-8-11-6-4-3-5-7-11/h3-7,10,13H,8-9H2,1-2H3. The summed E-state index contributed by atoms with van der Waals surface area (Å²) in [7, 11) is 0. The van der Waals surface area contributed by atoms with Gasteiger partial charge in [0.1, 0.15) is 0 Å². The molecule has 0 aliphatic carbocycles. The topological polar surface area (TPSA) is 26.1 Å². The van der Waals surface area contributed by atoms with E-state index < -0.39 is 0 Å². The predicted molar refractivity (Wildman–Crippen MR) is 55.4 cm³/mol. The molecule has 0 aromatic heterocycles. The molecule has 0 aliphatic rings. The van der Waals surface area contributed by atoms with E-state index in [4.69, 9.17) is 0 Å². The molecule has 1 rings (SSSR count). The van der Waals surface area contributed by atoms with Crippen molar-refractivity contribution >= 4 is 0 Å². The molecule has 0 saturated heterocycles. The SMILES string of the molecule is CC(C)N[N]CCc1ccccc1. The van der Waals surface area contributed by atoms with Gasteiger partial charge in [-0.05, 0) is 25.8 Å². The lowest BCUT2D eigenvalue weighted by atomic mass is 10.2. The summed E-state index contributed by atoms with van der Waals surface area (Å²) in [6.45, 7) is 5.03. The molecule has 0 unspecified atom stereocenters. The fourth-order valence-corrected chi connectivity index (χ4v) is 1.08. The average Bonchev–Trinajstić information content (AvgIpc) is 2.14. The molecule has 1 aromatic carbocycles. The number of nitrogens with zero attached hydrogens (tertiary/aromatic N) is 1. The van der Waals surface area contributed by atoms with Crippen molar-refractivity contribution in [3.05, 3.63) is 35.9 Å². The molecule has 0 saturated carbocycles. The van der Waals surface area contributed by atoms with Crippen LogP contribution in [0.2, 0.25) is 0 Å². The van der Waals surface area contributed by atoms with Gasteiger partial charge in [-0.15, -0.1) is 0 Å². The van der Waals surface area contributed by atoms with Crippen molar-refractivity contribution in [1.29, 1.82) is 0 Å². The highest BCUT2D eigenvalue weighted by Crippen LogP contribution is 1.97. The molecule has 71 valence electrons. The van der Waals surface area contributed by atoms with Gasteiger partial charge >= 0.3 is 0 Å². The average molecular weight is 177 g/mol. The second-order valence-corrected chi connectivity index (χ2v) is 3.40. The molecule has 0 spiro atoms. The molecular formula is C11H17N2. The lowest BCUT2D eigenvalue weighted by Gasteiger charge is -2.06. The van der Waals surface area contributed by atoms with E-state index in [0.29, 0.717) is 6.04 Å². The van der Waals surface area contributed by atoms with E-state index in [1.807, 2.05) is 6.07 Å². The van der Waals surface area contributed by atoms with Crippen LogP contribution in [0.25, 0.3) is 0 Å².